The molecular formula is C16H28N6. The van der Waals surface area contributed by atoms with Gasteiger partial charge in [0.25, 0.3) is 0 Å². The minimum absolute atomic E-state index is 0.577. The van der Waals surface area contributed by atoms with Gasteiger partial charge in [0.1, 0.15) is 12.4 Å². The third-order valence-corrected chi connectivity index (χ3v) is 4.60. The number of hydrogen-bond donors (Lipinski definition) is 2. The van der Waals surface area contributed by atoms with E-state index < -0.39 is 0 Å². The van der Waals surface area contributed by atoms with Crippen LogP contribution in [0, 0.1) is 0 Å². The Bertz CT molecular complexity index is 501. The largest absolute Gasteiger partial charge is 0.357 e. The number of nitrogens with zero attached hydrogens (tertiary/aromatic N) is 4. The molecule has 0 aromatic carbocycles. The van der Waals surface area contributed by atoms with Gasteiger partial charge < -0.3 is 15.2 Å². The van der Waals surface area contributed by atoms with Crippen molar-refractivity contribution < 1.29 is 0 Å². The van der Waals surface area contributed by atoms with Crippen LogP contribution in [0.15, 0.2) is 4.99 Å². The summed E-state index contributed by atoms with van der Waals surface area (Å²) in [7, 11) is 0. The SMILES string of the molecule is CCNC(=NCc1nnc2n1CCCCC2)NC1CCCC1. The normalized spacial score (nSPS) is 19.8. The highest BCUT2D eigenvalue weighted by Gasteiger charge is 2.17. The summed E-state index contributed by atoms with van der Waals surface area (Å²) >= 11 is 0. The van der Waals surface area contributed by atoms with Crippen molar-refractivity contribution in [2.45, 2.75) is 77.4 Å². The molecule has 0 radical (unpaired) electrons. The zero-order valence-corrected chi connectivity index (χ0v) is 13.6. The van der Waals surface area contributed by atoms with Gasteiger partial charge in [0.05, 0.1) is 0 Å². The van der Waals surface area contributed by atoms with Crippen LogP contribution in [0.1, 0.15) is 63.5 Å². The molecule has 2 heterocycles. The maximum Gasteiger partial charge on any atom is 0.191 e. The zero-order valence-electron chi connectivity index (χ0n) is 13.6. The summed E-state index contributed by atoms with van der Waals surface area (Å²) < 4.78 is 2.27. The maximum absolute atomic E-state index is 4.73. The second kappa shape index (κ2) is 7.61. The molecule has 122 valence electrons. The summed E-state index contributed by atoms with van der Waals surface area (Å²) in [6.07, 6.45) is 9.96. The van der Waals surface area contributed by atoms with Gasteiger partial charge in [0, 0.05) is 25.6 Å². The first-order chi connectivity index (χ1) is 10.9. The molecule has 1 aliphatic carbocycles. The van der Waals surface area contributed by atoms with E-state index in [1.807, 2.05) is 0 Å². The summed E-state index contributed by atoms with van der Waals surface area (Å²) in [6, 6.07) is 0.577. The summed E-state index contributed by atoms with van der Waals surface area (Å²) in [6.45, 7) is 4.64. The molecule has 0 spiro atoms. The number of aryl methyl sites for hydroxylation is 1. The summed E-state index contributed by atoms with van der Waals surface area (Å²) in [4.78, 5) is 4.73. The van der Waals surface area contributed by atoms with Gasteiger partial charge in [0.2, 0.25) is 0 Å². The van der Waals surface area contributed by atoms with Crippen molar-refractivity contribution in [2.24, 2.45) is 4.99 Å². The van der Waals surface area contributed by atoms with E-state index in [4.69, 9.17) is 4.99 Å². The lowest BCUT2D eigenvalue weighted by molar-refractivity contribution is 0.598. The Kier molecular flexibility index (Phi) is 5.29. The Labute approximate surface area is 132 Å². The van der Waals surface area contributed by atoms with Crippen LogP contribution >= 0.6 is 0 Å². The van der Waals surface area contributed by atoms with Crippen molar-refractivity contribution in [3.8, 4) is 0 Å². The van der Waals surface area contributed by atoms with Crippen molar-refractivity contribution in [1.29, 1.82) is 0 Å². The van der Waals surface area contributed by atoms with Crippen LogP contribution in [0.5, 0.6) is 0 Å². The fraction of sp³-hybridized carbons (Fsp3) is 0.812. The molecule has 0 bridgehead atoms. The van der Waals surface area contributed by atoms with Gasteiger partial charge >= 0.3 is 0 Å². The molecule has 22 heavy (non-hydrogen) atoms. The molecule has 6 heteroatoms. The number of hydrogen-bond acceptors (Lipinski definition) is 3. The van der Waals surface area contributed by atoms with Crippen molar-refractivity contribution in [3.63, 3.8) is 0 Å². The van der Waals surface area contributed by atoms with Crippen LogP contribution in [0.4, 0.5) is 0 Å². The van der Waals surface area contributed by atoms with Crippen LogP contribution in [0.2, 0.25) is 0 Å². The van der Waals surface area contributed by atoms with Gasteiger partial charge in [-0.1, -0.05) is 19.3 Å². The molecule has 6 nitrogen and oxygen atoms in total. The second-order valence-corrected chi connectivity index (χ2v) is 6.32. The quantitative estimate of drug-likeness (QED) is 0.659. The highest BCUT2D eigenvalue weighted by Crippen LogP contribution is 2.18. The minimum atomic E-state index is 0.577. The Balaban J connectivity index is 1.66. The highest BCUT2D eigenvalue weighted by molar-refractivity contribution is 5.80. The molecule has 1 aliphatic heterocycles. The van der Waals surface area contributed by atoms with Crippen molar-refractivity contribution >= 4 is 5.96 Å². The Morgan fingerprint density at radius 1 is 1.18 bits per heavy atom. The molecule has 0 amide bonds. The van der Waals surface area contributed by atoms with E-state index in [9.17, 15) is 0 Å². The molecule has 0 atom stereocenters. The molecule has 1 saturated carbocycles. The lowest BCUT2D eigenvalue weighted by Crippen LogP contribution is -2.42. The first-order valence-corrected chi connectivity index (χ1v) is 8.82. The zero-order chi connectivity index (χ0) is 15.2. The van der Waals surface area contributed by atoms with Crippen LogP contribution in [-0.2, 0) is 19.5 Å². The monoisotopic (exact) mass is 304 g/mol. The van der Waals surface area contributed by atoms with Crippen molar-refractivity contribution in [1.82, 2.24) is 25.4 Å². The number of rotatable bonds is 4. The molecule has 1 aromatic rings. The Hall–Kier alpha value is -1.59. The van der Waals surface area contributed by atoms with E-state index >= 15 is 0 Å². The van der Waals surface area contributed by atoms with Gasteiger partial charge in [-0.25, -0.2) is 4.99 Å². The standard InChI is InChI=1S/C16H28N6/c1-2-17-16(19-13-8-5-6-9-13)18-12-15-21-20-14-10-4-3-7-11-22(14)15/h13H,2-12H2,1H3,(H2,17,18,19). The smallest absolute Gasteiger partial charge is 0.191 e. The Morgan fingerprint density at radius 3 is 2.86 bits per heavy atom. The van der Waals surface area contributed by atoms with Crippen LogP contribution < -0.4 is 10.6 Å². The van der Waals surface area contributed by atoms with E-state index in [0.717, 1.165) is 37.1 Å². The fourth-order valence-corrected chi connectivity index (χ4v) is 3.40. The van der Waals surface area contributed by atoms with Crippen LogP contribution in [0.25, 0.3) is 0 Å². The number of fused-ring (bicyclic) bond motifs is 1. The van der Waals surface area contributed by atoms with E-state index in [1.165, 1.54) is 44.9 Å². The Morgan fingerprint density at radius 2 is 2.05 bits per heavy atom. The average molecular weight is 304 g/mol. The molecule has 2 N–H and O–H groups in total. The molecule has 0 saturated heterocycles. The van der Waals surface area contributed by atoms with Crippen molar-refractivity contribution in [2.75, 3.05) is 6.54 Å². The molecule has 3 rings (SSSR count). The van der Waals surface area contributed by atoms with Crippen LogP contribution in [0.3, 0.4) is 0 Å². The van der Waals surface area contributed by atoms with E-state index in [1.54, 1.807) is 0 Å². The fourth-order valence-electron chi connectivity index (χ4n) is 3.40. The van der Waals surface area contributed by atoms with Gasteiger partial charge in [-0.3, -0.25) is 0 Å². The topological polar surface area (TPSA) is 67.1 Å². The molecule has 1 fully saturated rings. The molecular weight excluding hydrogens is 276 g/mol. The van der Waals surface area contributed by atoms with E-state index in [2.05, 4.69) is 32.3 Å². The van der Waals surface area contributed by atoms with Gasteiger partial charge in [-0.05, 0) is 32.6 Å². The molecule has 2 aliphatic rings. The number of aromatic nitrogens is 3. The minimum Gasteiger partial charge on any atom is -0.357 e. The predicted octanol–water partition coefficient (Wildman–Crippen LogP) is 2.00. The van der Waals surface area contributed by atoms with Gasteiger partial charge in [-0.15, -0.1) is 10.2 Å². The highest BCUT2D eigenvalue weighted by atomic mass is 15.3. The first kappa shape index (κ1) is 15.3. The first-order valence-electron chi connectivity index (χ1n) is 8.82. The predicted molar refractivity (Wildman–Crippen MR) is 87.8 cm³/mol. The lowest BCUT2D eigenvalue weighted by Gasteiger charge is -2.16. The van der Waals surface area contributed by atoms with Gasteiger partial charge in [0.15, 0.2) is 11.8 Å². The average Bonchev–Trinajstić information content (AvgIpc) is 3.10. The second-order valence-electron chi connectivity index (χ2n) is 6.32. The van der Waals surface area contributed by atoms with Gasteiger partial charge in [-0.2, -0.15) is 0 Å². The van der Waals surface area contributed by atoms with Crippen LogP contribution in [-0.4, -0.2) is 33.3 Å². The molecule has 0 unspecified atom stereocenters. The number of guanidine groups is 1. The number of aliphatic imine (C=N–C) groups is 1. The van der Waals surface area contributed by atoms with E-state index in [-0.39, 0.29) is 0 Å². The third kappa shape index (κ3) is 3.78. The number of nitrogens with one attached hydrogen (secondary N) is 2. The van der Waals surface area contributed by atoms with Crippen molar-refractivity contribution in [3.05, 3.63) is 11.6 Å². The molecule has 1 aromatic heterocycles. The third-order valence-electron chi connectivity index (χ3n) is 4.60. The lowest BCUT2D eigenvalue weighted by atomic mass is 10.2. The summed E-state index contributed by atoms with van der Waals surface area (Å²) in [5, 5.41) is 15.6. The summed E-state index contributed by atoms with van der Waals surface area (Å²) in [5.41, 5.74) is 0. The van der Waals surface area contributed by atoms with E-state index in [0.29, 0.717) is 12.6 Å². The maximum atomic E-state index is 4.73. The summed E-state index contributed by atoms with van der Waals surface area (Å²) in [5.74, 6) is 3.05.